The first-order valence-corrected chi connectivity index (χ1v) is 5.39. The van der Waals surface area contributed by atoms with Crippen LogP contribution in [0.5, 0.6) is 11.5 Å². The maximum absolute atomic E-state index is 6.03. The van der Waals surface area contributed by atoms with Gasteiger partial charge in [0.1, 0.15) is 11.5 Å². The Labute approximate surface area is 98.3 Å². The van der Waals surface area contributed by atoms with Crippen molar-refractivity contribution in [3.8, 4) is 11.5 Å². The number of para-hydroxylation sites is 1. The van der Waals surface area contributed by atoms with Crippen molar-refractivity contribution in [3.05, 3.63) is 57.4 Å². The average Bonchev–Trinajstić information content (AvgIpc) is 2.32. The number of ether oxygens (including phenoxy) is 1. The first-order chi connectivity index (χ1) is 7.75. The van der Waals surface area contributed by atoms with Gasteiger partial charge < -0.3 is 4.74 Å². The molecule has 2 heteroatoms. The highest BCUT2D eigenvalue weighted by atomic mass is 35.5. The van der Waals surface area contributed by atoms with Gasteiger partial charge in [0.15, 0.2) is 0 Å². The molecule has 0 spiro atoms. The summed E-state index contributed by atoms with van der Waals surface area (Å²) in [6.07, 6.45) is 2.06. The van der Waals surface area contributed by atoms with Crippen LogP contribution in [0.25, 0.3) is 12.7 Å². The largest absolute Gasteiger partial charge is 0.456 e. The molecule has 0 saturated carbocycles. The average molecular weight is 229 g/mol. The van der Waals surface area contributed by atoms with Crippen LogP contribution >= 0.6 is 11.6 Å². The maximum atomic E-state index is 6.03. The van der Waals surface area contributed by atoms with Gasteiger partial charge in [0.05, 0.1) is 0 Å². The lowest BCUT2D eigenvalue weighted by Crippen LogP contribution is -2.27. The molecule has 0 aromatic heterocycles. The zero-order chi connectivity index (χ0) is 11.1. The quantitative estimate of drug-likeness (QED) is 0.575. The molecule has 0 unspecified atom stereocenters. The fourth-order valence-electron chi connectivity index (χ4n) is 1.83. The van der Waals surface area contributed by atoms with Crippen LogP contribution in [0.1, 0.15) is 5.56 Å². The molecule has 3 rings (SSSR count). The lowest BCUT2D eigenvalue weighted by Gasteiger charge is -2.14. The third kappa shape index (κ3) is 1.33. The third-order valence-electron chi connectivity index (χ3n) is 2.70. The first-order valence-electron chi connectivity index (χ1n) is 5.02. The molecule has 0 bridgehead atoms. The lowest BCUT2D eigenvalue weighted by atomic mass is 10.1. The van der Waals surface area contributed by atoms with Crippen molar-refractivity contribution in [2.45, 2.75) is 0 Å². The van der Waals surface area contributed by atoms with E-state index in [1.54, 1.807) is 0 Å². The predicted molar refractivity (Wildman–Crippen MR) is 66.3 cm³/mol. The highest BCUT2D eigenvalue weighted by Gasteiger charge is 2.10. The fraction of sp³-hybridized carbons (Fsp3) is 0. The summed E-state index contributed by atoms with van der Waals surface area (Å²) in [6.45, 7) is 3.96. The molecule has 2 aromatic carbocycles. The standard InChI is InChI=1S/C14H9ClO/c1-9-11-8-10-4-2-3-5-13(10)16-14(11)7-6-12(9)15/h2-8H,1H2. The molecule has 0 saturated heterocycles. The van der Waals surface area contributed by atoms with Crippen LogP contribution in [-0.2, 0) is 0 Å². The summed E-state index contributed by atoms with van der Waals surface area (Å²) in [5.41, 5.74) is 1.06. The van der Waals surface area contributed by atoms with Gasteiger partial charge in [-0.05, 0) is 29.5 Å². The molecule has 0 N–H and O–H groups in total. The molecular weight excluding hydrogens is 220 g/mol. The van der Waals surface area contributed by atoms with Gasteiger partial charge in [-0.1, -0.05) is 36.4 Å². The van der Waals surface area contributed by atoms with E-state index in [-0.39, 0.29) is 0 Å². The summed E-state index contributed by atoms with van der Waals surface area (Å²) in [5.74, 6) is 1.69. The summed E-state index contributed by atoms with van der Waals surface area (Å²) in [6, 6.07) is 11.6. The molecule has 0 fully saturated rings. The normalized spacial score (nSPS) is 12.1. The topological polar surface area (TPSA) is 9.23 Å². The smallest absolute Gasteiger partial charge is 0.135 e. The van der Waals surface area contributed by atoms with E-state index in [1.807, 2.05) is 36.4 Å². The number of hydrogen-bond donors (Lipinski definition) is 0. The van der Waals surface area contributed by atoms with Crippen molar-refractivity contribution in [1.29, 1.82) is 0 Å². The highest BCUT2D eigenvalue weighted by molar-refractivity contribution is 6.30. The van der Waals surface area contributed by atoms with Gasteiger partial charge >= 0.3 is 0 Å². The Morgan fingerprint density at radius 3 is 2.69 bits per heavy atom. The van der Waals surface area contributed by atoms with Crippen LogP contribution in [0.2, 0.25) is 5.02 Å². The van der Waals surface area contributed by atoms with Crippen molar-refractivity contribution in [1.82, 2.24) is 0 Å². The van der Waals surface area contributed by atoms with Gasteiger partial charge in [-0.2, -0.15) is 0 Å². The number of halogens is 1. The Morgan fingerprint density at radius 1 is 1.00 bits per heavy atom. The molecule has 0 aliphatic carbocycles. The summed E-state index contributed by atoms with van der Waals surface area (Å²) >= 11 is 6.03. The monoisotopic (exact) mass is 228 g/mol. The van der Waals surface area contributed by atoms with E-state index >= 15 is 0 Å². The highest BCUT2D eigenvalue weighted by Crippen LogP contribution is 2.27. The minimum absolute atomic E-state index is 0.665. The van der Waals surface area contributed by atoms with Gasteiger partial charge in [-0.3, -0.25) is 0 Å². The van der Waals surface area contributed by atoms with E-state index in [2.05, 4.69) is 12.7 Å². The van der Waals surface area contributed by atoms with Crippen molar-refractivity contribution < 1.29 is 4.74 Å². The van der Waals surface area contributed by atoms with Gasteiger partial charge in [-0.15, -0.1) is 0 Å². The molecule has 2 aromatic rings. The van der Waals surface area contributed by atoms with Crippen molar-refractivity contribution >= 4 is 24.3 Å². The molecule has 0 radical (unpaired) electrons. The predicted octanol–water partition coefficient (Wildman–Crippen LogP) is 2.68. The Kier molecular flexibility index (Phi) is 2.01. The van der Waals surface area contributed by atoms with Crippen LogP contribution < -0.4 is 15.2 Å². The van der Waals surface area contributed by atoms with Gasteiger partial charge in [-0.25, -0.2) is 0 Å². The zero-order valence-corrected chi connectivity index (χ0v) is 9.29. The Hall–Kier alpha value is -1.73. The lowest BCUT2D eigenvalue weighted by molar-refractivity contribution is 0.473. The summed E-state index contributed by atoms with van der Waals surface area (Å²) in [7, 11) is 0. The van der Waals surface area contributed by atoms with E-state index in [0.29, 0.717) is 5.02 Å². The third-order valence-corrected chi connectivity index (χ3v) is 3.05. The van der Waals surface area contributed by atoms with Crippen molar-refractivity contribution in [2.75, 3.05) is 0 Å². The van der Waals surface area contributed by atoms with E-state index in [0.717, 1.165) is 27.5 Å². The number of benzene rings is 2. The second-order valence-corrected chi connectivity index (χ2v) is 4.13. The van der Waals surface area contributed by atoms with Gasteiger partial charge in [0.2, 0.25) is 0 Å². The summed E-state index contributed by atoms with van der Waals surface area (Å²) < 4.78 is 5.78. The van der Waals surface area contributed by atoms with Crippen LogP contribution in [0.4, 0.5) is 0 Å². The maximum Gasteiger partial charge on any atom is 0.135 e. The number of hydrogen-bond acceptors (Lipinski definition) is 1. The molecule has 16 heavy (non-hydrogen) atoms. The molecule has 0 amide bonds. The molecular formula is C14H9ClO. The second-order valence-electron chi connectivity index (χ2n) is 3.72. The van der Waals surface area contributed by atoms with Crippen LogP contribution in [0.15, 0.2) is 36.4 Å². The second kappa shape index (κ2) is 3.39. The van der Waals surface area contributed by atoms with Crippen molar-refractivity contribution in [3.63, 3.8) is 0 Å². The van der Waals surface area contributed by atoms with E-state index < -0.39 is 0 Å². The fourth-order valence-corrected chi connectivity index (χ4v) is 2.00. The van der Waals surface area contributed by atoms with E-state index in [1.165, 1.54) is 0 Å². The number of fused-ring (bicyclic) bond motifs is 2. The molecule has 0 atom stereocenters. The molecule has 78 valence electrons. The molecule has 1 heterocycles. The van der Waals surface area contributed by atoms with E-state index in [4.69, 9.17) is 16.3 Å². The Morgan fingerprint density at radius 2 is 1.81 bits per heavy atom. The van der Waals surface area contributed by atoms with Crippen molar-refractivity contribution in [2.24, 2.45) is 0 Å². The molecule has 1 aliphatic rings. The zero-order valence-electron chi connectivity index (χ0n) is 8.53. The van der Waals surface area contributed by atoms with Gasteiger partial charge in [0.25, 0.3) is 0 Å². The van der Waals surface area contributed by atoms with E-state index in [9.17, 15) is 0 Å². The first kappa shape index (κ1) is 9.49. The Bertz CT molecular complexity index is 674. The van der Waals surface area contributed by atoms with Crippen LogP contribution in [-0.4, -0.2) is 0 Å². The van der Waals surface area contributed by atoms with Gasteiger partial charge in [0, 0.05) is 15.8 Å². The van der Waals surface area contributed by atoms with Crippen LogP contribution in [0.3, 0.4) is 0 Å². The summed E-state index contributed by atoms with van der Waals surface area (Å²) in [4.78, 5) is 0. The summed E-state index contributed by atoms with van der Waals surface area (Å²) in [5, 5.41) is 2.44. The van der Waals surface area contributed by atoms with Crippen LogP contribution in [0, 0.1) is 0 Å². The number of rotatable bonds is 0. The molecule has 1 nitrogen and oxygen atoms in total. The minimum Gasteiger partial charge on any atom is -0.456 e. The molecule has 1 aliphatic heterocycles. The Balaban J connectivity index is 2.40. The SMILES string of the molecule is C=c1c(Cl)ccc2c1=Cc1ccccc1O2. The minimum atomic E-state index is 0.665.